The number of hydrogen-bond acceptors (Lipinski definition) is 6. The van der Waals surface area contributed by atoms with Crippen LogP contribution in [0.2, 0.25) is 0 Å². The van der Waals surface area contributed by atoms with Gasteiger partial charge in [0, 0.05) is 17.4 Å². The van der Waals surface area contributed by atoms with Crippen molar-refractivity contribution in [1.82, 2.24) is 0 Å². The molecule has 0 aliphatic heterocycles. The molecule has 7 heteroatoms. The number of hydrogen-bond donors (Lipinski definition) is 0. The van der Waals surface area contributed by atoms with Crippen LogP contribution in [0, 0.1) is 5.41 Å². The van der Waals surface area contributed by atoms with Gasteiger partial charge in [0.05, 0.1) is 51.8 Å². The fourth-order valence-corrected chi connectivity index (χ4v) is 2.47. The second-order valence-electron chi connectivity index (χ2n) is 5.21. The van der Waals surface area contributed by atoms with Gasteiger partial charge in [0.25, 0.3) is 0 Å². The van der Waals surface area contributed by atoms with Crippen LogP contribution in [0.1, 0.15) is 6.42 Å². The maximum absolute atomic E-state index is 5.74. The molecule has 0 fully saturated rings. The third-order valence-corrected chi connectivity index (χ3v) is 4.46. The summed E-state index contributed by atoms with van der Waals surface area (Å²) in [6.45, 7) is 15.1. The highest BCUT2D eigenvalue weighted by molar-refractivity contribution is 9.09. The summed E-state index contributed by atoms with van der Waals surface area (Å²) in [5, 5.41) is 0.733. The van der Waals surface area contributed by atoms with Crippen molar-refractivity contribution in [1.29, 1.82) is 0 Å². The van der Waals surface area contributed by atoms with E-state index in [0.717, 1.165) is 11.8 Å². The highest BCUT2D eigenvalue weighted by atomic mass is 79.9. The van der Waals surface area contributed by atoms with Crippen molar-refractivity contribution in [3.05, 3.63) is 38.5 Å². The average Bonchev–Trinajstić information content (AvgIpc) is 2.63. The normalized spacial score (nSPS) is 10.9. The van der Waals surface area contributed by atoms with Crippen LogP contribution < -0.4 is 0 Å². The third-order valence-electron chi connectivity index (χ3n) is 3.27. The highest BCUT2D eigenvalue weighted by Gasteiger charge is 2.30. The number of ether oxygens (including phenoxy) is 6. The van der Waals surface area contributed by atoms with Crippen molar-refractivity contribution in [3.8, 4) is 0 Å². The molecule has 0 aliphatic rings. The minimum absolute atomic E-state index is 0.193. The molecule has 0 atom stereocenters. The Hall–Kier alpha value is -1.02. The molecule has 0 spiro atoms. The molecule has 0 radical (unpaired) electrons. The van der Waals surface area contributed by atoms with Crippen molar-refractivity contribution in [2.45, 2.75) is 6.42 Å². The lowest BCUT2D eigenvalue weighted by molar-refractivity contribution is -0.0422. The van der Waals surface area contributed by atoms with E-state index in [9.17, 15) is 0 Å². The van der Waals surface area contributed by atoms with Crippen LogP contribution in [0.15, 0.2) is 38.5 Å². The average molecular weight is 423 g/mol. The summed E-state index contributed by atoms with van der Waals surface area (Å²) in [4.78, 5) is 0. The van der Waals surface area contributed by atoms with Gasteiger partial charge in [0.1, 0.15) is 19.8 Å². The smallest absolute Gasteiger partial charge is 0.111 e. The molecule has 0 aromatic carbocycles. The Kier molecular flexibility index (Phi) is 17.1. The van der Waals surface area contributed by atoms with E-state index in [1.54, 1.807) is 0 Å². The van der Waals surface area contributed by atoms with Crippen LogP contribution in [0.5, 0.6) is 0 Å². The van der Waals surface area contributed by atoms with E-state index in [1.807, 2.05) is 0 Å². The number of rotatable bonds is 20. The first-order valence-electron chi connectivity index (χ1n) is 8.21. The summed E-state index contributed by atoms with van der Waals surface area (Å²) >= 11 is 3.58. The molecule has 0 heterocycles. The van der Waals surface area contributed by atoms with E-state index in [2.05, 4.69) is 35.7 Å². The zero-order valence-electron chi connectivity index (χ0n) is 15.0. The first-order valence-corrected chi connectivity index (χ1v) is 9.33. The second-order valence-corrected chi connectivity index (χ2v) is 5.77. The van der Waals surface area contributed by atoms with Gasteiger partial charge < -0.3 is 28.4 Å². The van der Waals surface area contributed by atoms with Crippen LogP contribution in [0.3, 0.4) is 0 Å². The van der Waals surface area contributed by atoms with E-state index in [1.165, 1.54) is 18.8 Å². The van der Waals surface area contributed by atoms with E-state index in [-0.39, 0.29) is 5.41 Å². The fraction of sp³-hybridized carbons (Fsp3) is 0.667. The summed E-state index contributed by atoms with van der Waals surface area (Å²) < 4.78 is 32.3. The van der Waals surface area contributed by atoms with Crippen molar-refractivity contribution in [2.24, 2.45) is 5.41 Å². The fourth-order valence-electron chi connectivity index (χ4n) is 1.87. The zero-order valence-corrected chi connectivity index (χ0v) is 16.5. The second kappa shape index (κ2) is 17.8. The molecule has 0 saturated carbocycles. The Morgan fingerprint density at radius 1 is 0.640 bits per heavy atom. The number of halogens is 1. The van der Waals surface area contributed by atoms with E-state index in [0.29, 0.717) is 59.5 Å². The lowest BCUT2D eigenvalue weighted by Crippen LogP contribution is -2.36. The Bertz CT molecular complexity index is 320. The van der Waals surface area contributed by atoms with E-state index in [4.69, 9.17) is 28.4 Å². The van der Waals surface area contributed by atoms with Crippen LogP contribution in [-0.2, 0) is 28.4 Å². The standard InChI is InChI=1S/C18H31BrO6/c1-4-20-9-12-23-8-7-18(15-19,16-24-13-10-21-5-2)17-25-14-11-22-6-3/h4-6H,1-3,7-17H2. The highest BCUT2D eigenvalue weighted by Crippen LogP contribution is 2.26. The molecule has 0 aromatic rings. The molecular formula is C18H31BrO6. The largest absolute Gasteiger partial charge is 0.499 e. The first-order chi connectivity index (χ1) is 12.2. The van der Waals surface area contributed by atoms with Gasteiger partial charge in [-0.25, -0.2) is 0 Å². The molecule has 0 N–H and O–H groups in total. The van der Waals surface area contributed by atoms with E-state index >= 15 is 0 Å². The molecule has 6 nitrogen and oxygen atoms in total. The van der Waals surface area contributed by atoms with Crippen LogP contribution in [0.25, 0.3) is 0 Å². The maximum atomic E-state index is 5.74. The molecule has 0 aromatic heterocycles. The zero-order chi connectivity index (χ0) is 18.6. The number of alkyl halides is 1. The van der Waals surface area contributed by atoms with Crippen molar-refractivity contribution >= 4 is 15.9 Å². The van der Waals surface area contributed by atoms with Crippen molar-refractivity contribution in [2.75, 3.05) is 64.8 Å². The van der Waals surface area contributed by atoms with Crippen LogP contribution >= 0.6 is 15.9 Å². The topological polar surface area (TPSA) is 55.4 Å². The molecule has 0 bridgehead atoms. The van der Waals surface area contributed by atoms with Gasteiger partial charge in [-0.3, -0.25) is 0 Å². The Labute approximate surface area is 159 Å². The lowest BCUT2D eigenvalue weighted by Gasteiger charge is -2.31. The summed E-state index contributed by atoms with van der Waals surface area (Å²) in [5.41, 5.74) is -0.193. The Morgan fingerprint density at radius 2 is 1.08 bits per heavy atom. The summed E-state index contributed by atoms with van der Waals surface area (Å²) in [6.07, 6.45) is 5.01. The molecular weight excluding hydrogens is 392 g/mol. The molecule has 0 saturated heterocycles. The third kappa shape index (κ3) is 13.9. The van der Waals surface area contributed by atoms with Gasteiger partial charge in [-0.15, -0.1) is 0 Å². The van der Waals surface area contributed by atoms with Crippen molar-refractivity contribution < 1.29 is 28.4 Å². The predicted octanol–water partition coefficient (Wildman–Crippen LogP) is 3.29. The van der Waals surface area contributed by atoms with Gasteiger partial charge in [-0.05, 0) is 6.42 Å². The molecule has 146 valence electrons. The maximum Gasteiger partial charge on any atom is 0.111 e. The van der Waals surface area contributed by atoms with Gasteiger partial charge >= 0.3 is 0 Å². The van der Waals surface area contributed by atoms with Crippen molar-refractivity contribution in [3.63, 3.8) is 0 Å². The van der Waals surface area contributed by atoms with Crippen LogP contribution in [-0.4, -0.2) is 64.8 Å². The predicted molar refractivity (Wildman–Crippen MR) is 102 cm³/mol. The lowest BCUT2D eigenvalue weighted by atomic mass is 9.89. The monoisotopic (exact) mass is 422 g/mol. The summed E-state index contributed by atoms with van der Waals surface area (Å²) in [7, 11) is 0. The molecule has 25 heavy (non-hydrogen) atoms. The van der Waals surface area contributed by atoms with Gasteiger partial charge in [-0.2, -0.15) is 0 Å². The summed E-state index contributed by atoms with van der Waals surface area (Å²) in [6, 6.07) is 0. The van der Waals surface area contributed by atoms with Gasteiger partial charge in [0.2, 0.25) is 0 Å². The molecule has 0 unspecified atom stereocenters. The van der Waals surface area contributed by atoms with Crippen LogP contribution in [0.4, 0.5) is 0 Å². The first kappa shape index (κ1) is 24.0. The SMILES string of the molecule is C=COCCOCCC(CBr)(COCCOC=C)COCCOC=C. The van der Waals surface area contributed by atoms with Gasteiger partial charge in [0.15, 0.2) is 0 Å². The molecule has 0 rings (SSSR count). The minimum Gasteiger partial charge on any atom is -0.499 e. The Morgan fingerprint density at radius 3 is 1.48 bits per heavy atom. The minimum atomic E-state index is -0.193. The quantitative estimate of drug-likeness (QED) is 0.170. The molecule has 0 amide bonds. The summed E-state index contributed by atoms with van der Waals surface area (Å²) in [5.74, 6) is 0. The van der Waals surface area contributed by atoms with E-state index < -0.39 is 0 Å². The Balaban J connectivity index is 4.28. The molecule has 0 aliphatic carbocycles. The van der Waals surface area contributed by atoms with Gasteiger partial charge in [-0.1, -0.05) is 35.7 Å².